The van der Waals surface area contributed by atoms with E-state index in [1.807, 2.05) is 6.07 Å². The Bertz CT molecular complexity index is 1050. The van der Waals surface area contributed by atoms with Crippen molar-refractivity contribution in [3.8, 4) is 5.75 Å². The molecule has 0 radical (unpaired) electrons. The fraction of sp³-hybridized carbons (Fsp3) is 0.0476. The number of aromatic hydroxyl groups is 1. The summed E-state index contributed by atoms with van der Waals surface area (Å²) in [6.07, 6.45) is -0.672. The minimum Gasteiger partial charge on any atom is -0.508 e. The molecule has 0 aliphatic carbocycles. The van der Waals surface area contributed by atoms with Gasteiger partial charge in [-0.3, -0.25) is 15.0 Å². The zero-order valence-electron chi connectivity index (χ0n) is 14.6. The molecule has 3 aromatic carbocycles. The molecule has 1 heterocycles. The first-order chi connectivity index (χ1) is 13.5. The van der Waals surface area contributed by atoms with Crippen molar-refractivity contribution < 1.29 is 14.7 Å². The normalized spacial score (nSPS) is 15.5. The fourth-order valence-electron chi connectivity index (χ4n) is 3.07. The van der Waals surface area contributed by atoms with Gasteiger partial charge in [-0.2, -0.15) is 0 Å². The number of hydrogen-bond donors (Lipinski definition) is 3. The largest absolute Gasteiger partial charge is 0.508 e. The van der Waals surface area contributed by atoms with E-state index in [4.69, 9.17) is 0 Å². The first-order valence-corrected chi connectivity index (χ1v) is 9.37. The summed E-state index contributed by atoms with van der Waals surface area (Å²) in [5.74, 6) is -0.676. The molecule has 0 unspecified atom stereocenters. The van der Waals surface area contributed by atoms with Gasteiger partial charge in [-0.15, -0.1) is 0 Å². The molecule has 0 saturated carbocycles. The minimum absolute atomic E-state index is 0.0739. The molecule has 0 saturated heterocycles. The third-order valence-corrected chi connectivity index (χ3v) is 4.97. The van der Waals surface area contributed by atoms with Gasteiger partial charge in [-0.1, -0.05) is 40.2 Å². The topological polar surface area (TPSA) is 81.7 Å². The van der Waals surface area contributed by atoms with Crippen molar-refractivity contribution in [1.82, 2.24) is 10.4 Å². The number of amides is 2. The van der Waals surface area contributed by atoms with Gasteiger partial charge in [0.05, 0.1) is 5.56 Å². The Labute approximate surface area is 169 Å². The summed E-state index contributed by atoms with van der Waals surface area (Å²) >= 11 is 3.34. The van der Waals surface area contributed by atoms with Crippen molar-refractivity contribution in [3.05, 3.63) is 94.0 Å². The van der Waals surface area contributed by atoms with Gasteiger partial charge in [0.1, 0.15) is 11.9 Å². The minimum atomic E-state index is -0.672. The fourth-order valence-corrected chi connectivity index (χ4v) is 3.34. The quantitative estimate of drug-likeness (QED) is 0.576. The highest BCUT2D eigenvalue weighted by Crippen LogP contribution is 2.33. The maximum Gasteiger partial charge on any atom is 0.276 e. The lowest BCUT2D eigenvalue weighted by atomic mass is 10.0. The van der Waals surface area contributed by atoms with Crippen LogP contribution in [0.4, 0.5) is 5.69 Å². The first kappa shape index (κ1) is 18.1. The summed E-state index contributed by atoms with van der Waals surface area (Å²) in [4.78, 5) is 25.8. The number of nitrogens with zero attached hydrogens (tertiary/aromatic N) is 1. The van der Waals surface area contributed by atoms with Crippen LogP contribution in [-0.2, 0) is 0 Å². The molecule has 2 amide bonds. The molecule has 1 aliphatic rings. The second kappa shape index (κ2) is 7.36. The van der Waals surface area contributed by atoms with Crippen LogP contribution in [0.2, 0.25) is 0 Å². The van der Waals surface area contributed by atoms with Crippen LogP contribution in [-0.4, -0.2) is 21.9 Å². The Morgan fingerprint density at radius 1 is 1.04 bits per heavy atom. The van der Waals surface area contributed by atoms with Gasteiger partial charge in [0.2, 0.25) is 0 Å². The molecule has 3 N–H and O–H groups in total. The van der Waals surface area contributed by atoms with E-state index in [1.54, 1.807) is 66.7 Å². The molecule has 6 nitrogen and oxygen atoms in total. The lowest BCUT2D eigenvalue weighted by molar-refractivity contribution is 0.0490. The van der Waals surface area contributed by atoms with Crippen molar-refractivity contribution in [2.75, 3.05) is 5.32 Å². The Balaban J connectivity index is 1.71. The molecule has 0 bridgehead atoms. The number of carbonyl (C=O) groups is 2. The van der Waals surface area contributed by atoms with Gasteiger partial charge in [-0.25, -0.2) is 5.01 Å². The van der Waals surface area contributed by atoms with Crippen LogP contribution >= 0.6 is 15.9 Å². The van der Waals surface area contributed by atoms with E-state index in [2.05, 4.69) is 26.7 Å². The molecular weight excluding hydrogens is 422 g/mol. The van der Waals surface area contributed by atoms with Crippen LogP contribution in [0.5, 0.6) is 5.75 Å². The number of nitrogens with one attached hydrogen (secondary N) is 2. The molecule has 7 heteroatoms. The zero-order chi connectivity index (χ0) is 19.7. The van der Waals surface area contributed by atoms with Crippen molar-refractivity contribution in [2.45, 2.75) is 6.17 Å². The van der Waals surface area contributed by atoms with E-state index >= 15 is 0 Å². The van der Waals surface area contributed by atoms with Crippen molar-refractivity contribution >= 4 is 33.4 Å². The summed E-state index contributed by atoms with van der Waals surface area (Å²) in [6.45, 7) is 0. The Morgan fingerprint density at radius 2 is 1.79 bits per heavy atom. The molecule has 0 fully saturated rings. The summed E-state index contributed by atoms with van der Waals surface area (Å²) < 4.78 is 0.853. The number of benzene rings is 3. The predicted molar refractivity (Wildman–Crippen MR) is 109 cm³/mol. The third-order valence-electron chi connectivity index (χ3n) is 4.44. The summed E-state index contributed by atoms with van der Waals surface area (Å²) in [5, 5.41) is 14.4. The van der Waals surface area contributed by atoms with Crippen LogP contribution in [0.1, 0.15) is 32.4 Å². The first-order valence-electron chi connectivity index (χ1n) is 8.57. The molecule has 1 atom stereocenters. The number of para-hydroxylation sites is 1. The average Bonchev–Trinajstić information content (AvgIpc) is 2.70. The molecule has 28 heavy (non-hydrogen) atoms. The molecule has 0 aromatic heterocycles. The number of carbonyl (C=O) groups excluding carboxylic acids is 2. The van der Waals surface area contributed by atoms with Crippen LogP contribution in [0, 0.1) is 0 Å². The highest BCUT2D eigenvalue weighted by atomic mass is 79.9. The second-order valence-corrected chi connectivity index (χ2v) is 7.23. The van der Waals surface area contributed by atoms with Crippen LogP contribution in [0.15, 0.2) is 77.3 Å². The van der Waals surface area contributed by atoms with Gasteiger partial charge < -0.3 is 10.4 Å². The maximum atomic E-state index is 13.1. The predicted octanol–water partition coefficient (Wildman–Crippen LogP) is 4.07. The van der Waals surface area contributed by atoms with Crippen molar-refractivity contribution in [2.24, 2.45) is 0 Å². The van der Waals surface area contributed by atoms with Gasteiger partial charge in [0, 0.05) is 21.3 Å². The molecular formula is C21H16BrN3O3. The Hall–Kier alpha value is -3.32. The SMILES string of the molecule is O=C(NN1C(=O)c2ccccc2N[C@H]1c1cccc(O)c1)c1ccc(Br)cc1. The number of halogens is 1. The van der Waals surface area contributed by atoms with E-state index in [0.29, 0.717) is 22.4 Å². The smallest absolute Gasteiger partial charge is 0.276 e. The zero-order valence-corrected chi connectivity index (χ0v) is 16.2. The van der Waals surface area contributed by atoms with E-state index in [0.717, 1.165) is 4.47 Å². The van der Waals surface area contributed by atoms with Crippen LogP contribution in [0.25, 0.3) is 0 Å². The molecule has 3 aromatic rings. The van der Waals surface area contributed by atoms with E-state index in [9.17, 15) is 14.7 Å². The molecule has 140 valence electrons. The second-order valence-electron chi connectivity index (χ2n) is 6.31. The van der Waals surface area contributed by atoms with E-state index in [1.165, 1.54) is 5.01 Å². The van der Waals surface area contributed by atoms with Crippen molar-refractivity contribution in [1.29, 1.82) is 0 Å². The summed E-state index contributed by atoms with van der Waals surface area (Å²) in [5.41, 5.74) is 4.87. The number of phenols is 1. The standard InChI is InChI=1S/C21H16BrN3O3/c22-15-10-8-13(9-11-15)20(27)24-25-19(14-4-3-5-16(26)12-14)23-18-7-2-1-6-17(18)21(25)28/h1-12,19,23,26H,(H,24,27)/t19-/m1/s1. The van der Waals surface area contributed by atoms with Crippen LogP contribution < -0.4 is 10.7 Å². The molecule has 1 aliphatic heterocycles. The van der Waals surface area contributed by atoms with Gasteiger partial charge in [-0.05, 0) is 48.5 Å². The van der Waals surface area contributed by atoms with Gasteiger partial charge in [0.15, 0.2) is 0 Å². The number of hydrazine groups is 1. The monoisotopic (exact) mass is 437 g/mol. The number of anilines is 1. The van der Waals surface area contributed by atoms with Crippen LogP contribution in [0.3, 0.4) is 0 Å². The molecule has 0 spiro atoms. The highest BCUT2D eigenvalue weighted by Gasteiger charge is 2.34. The van der Waals surface area contributed by atoms with Gasteiger partial charge in [0.25, 0.3) is 11.8 Å². The Kier molecular flexibility index (Phi) is 4.75. The number of rotatable bonds is 3. The van der Waals surface area contributed by atoms with Gasteiger partial charge >= 0.3 is 0 Å². The maximum absolute atomic E-state index is 13.1. The number of fused-ring (bicyclic) bond motifs is 1. The number of hydrogen-bond acceptors (Lipinski definition) is 4. The highest BCUT2D eigenvalue weighted by molar-refractivity contribution is 9.10. The average molecular weight is 438 g/mol. The number of phenolic OH excluding ortho intramolecular Hbond substituents is 1. The lowest BCUT2D eigenvalue weighted by Crippen LogP contribution is -2.52. The Morgan fingerprint density at radius 3 is 2.54 bits per heavy atom. The van der Waals surface area contributed by atoms with E-state index in [-0.39, 0.29) is 11.7 Å². The lowest BCUT2D eigenvalue weighted by Gasteiger charge is -2.37. The third kappa shape index (κ3) is 3.44. The van der Waals surface area contributed by atoms with Crippen molar-refractivity contribution in [3.63, 3.8) is 0 Å². The van der Waals surface area contributed by atoms with E-state index < -0.39 is 12.1 Å². The molecule has 4 rings (SSSR count). The summed E-state index contributed by atoms with van der Waals surface area (Å²) in [6, 6.07) is 20.5. The summed E-state index contributed by atoms with van der Waals surface area (Å²) in [7, 11) is 0.